The fourth-order valence-corrected chi connectivity index (χ4v) is 9.72. The van der Waals surface area contributed by atoms with Crippen molar-refractivity contribution in [2.45, 2.75) is 131 Å². The minimum atomic E-state index is -0.331. The van der Waals surface area contributed by atoms with Gasteiger partial charge in [0, 0.05) is 113 Å². The molecule has 8 rings (SSSR count). The van der Waals surface area contributed by atoms with Gasteiger partial charge in [0.15, 0.2) is 0 Å². The SMILES string of the molecule is CCOC(=O)CCCCCCN(c1ccccn1)c1cc(-c2ccccc2C)ccn1.CCOC(=O)CCCCCCN(c1ccccn1)c1cc(C)ccn1.Cc1ccccc1-c1ccnc(N(CCCCCCC(=O)NO)c2ccccn2)c1.I.II.I[I-]I. The zero-order valence-electron chi connectivity index (χ0n) is 53.2. The maximum absolute atomic E-state index is 11.5. The number of hydroxylamine groups is 1. The van der Waals surface area contributed by atoms with Crippen LogP contribution < -0.4 is 33.4 Å². The van der Waals surface area contributed by atoms with E-state index in [9.17, 15) is 14.4 Å². The molecule has 0 spiro atoms. The molecule has 22 heteroatoms. The number of unbranched alkanes of at least 4 members (excludes halogenated alkanes) is 9. The molecular formula is C70H87I6N10O6-. The van der Waals surface area contributed by atoms with Crippen LogP contribution in [0.4, 0.5) is 34.9 Å². The van der Waals surface area contributed by atoms with Crippen LogP contribution in [0.1, 0.15) is 127 Å². The summed E-state index contributed by atoms with van der Waals surface area (Å²) in [5.74, 6) is 4.83. The van der Waals surface area contributed by atoms with E-state index in [2.05, 4.69) is 207 Å². The Bertz CT molecular complexity index is 3280. The Hall–Kier alpha value is -4.51. The molecule has 0 fully saturated rings. The Morgan fingerprint density at radius 3 is 1.10 bits per heavy atom. The molecule has 2 N–H and O–H groups in total. The first-order chi connectivity index (χ1) is 44.5. The minimum absolute atomic E-state index is 0. The van der Waals surface area contributed by atoms with Crippen molar-refractivity contribution in [1.82, 2.24) is 35.4 Å². The van der Waals surface area contributed by atoms with Gasteiger partial charge in [0.1, 0.15) is 34.9 Å². The quantitative estimate of drug-likeness (QED) is 0.0137. The first kappa shape index (κ1) is 81.7. The number of rotatable bonds is 31. The summed E-state index contributed by atoms with van der Waals surface area (Å²) in [5, 5.41) is 8.56. The first-order valence-corrected chi connectivity index (χ1v) is 49.6. The van der Waals surface area contributed by atoms with Gasteiger partial charge in [0.2, 0.25) is 5.91 Å². The van der Waals surface area contributed by atoms with Crippen molar-refractivity contribution in [1.29, 1.82) is 0 Å². The summed E-state index contributed by atoms with van der Waals surface area (Å²) in [7, 11) is 0. The van der Waals surface area contributed by atoms with Crippen LogP contribution in [0.2, 0.25) is 0 Å². The Morgan fingerprint density at radius 2 is 0.761 bits per heavy atom. The van der Waals surface area contributed by atoms with Crippen LogP contribution >= 0.6 is 98.4 Å². The Balaban J connectivity index is 0.000000348. The number of anilines is 6. The standard InChI is InChI=1S/C26H31N3O2.C24H28N4O2.C20H27N3O2.I3.I2.HI/c1-3-31-26(30)15-6-4-5-11-19-29(24-14-9-10-17-27-24)25-20-22(16-18-28-25)23-13-8-7-12-21(23)2;1-19-10-5-6-11-21(19)20-14-16-26-23(18-20)28(22-12-7-8-15-25-22)17-9-3-2-4-13-24(29)27-30;1-3-25-20(24)11-6-4-5-9-15-23(18-10-7-8-13-21-18)19-16-17(2)12-14-22-19;1-3-2;1-2;/h7-10,12-14,16-18,20H,3-6,11,15,19H2,1-2H3;5-8,10-12,14-16,18,30H,2-4,9,13,17H2,1H3,(H,27,29);7-8,10,12-14,16H,3-6,9,11,15H2,1-2H3;;;1H/q;;;-1;;. The molecule has 1 amide bonds. The van der Waals surface area contributed by atoms with E-state index in [0.717, 1.165) is 143 Å². The summed E-state index contributed by atoms with van der Waals surface area (Å²) in [5.41, 5.74) is 10.0. The van der Waals surface area contributed by atoms with E-state index in [-0.39, 0.29) is 41.8 Å². The second-order valence-electron chi connectivity index (χ2n) is 20.8. The van der Waals surface area contributed by atoms with E-state index in [1.165, 1.54) is 27.8 Å². The van der Waals surface area contributed by atoms with Gasteiger partial charge in [-0.15, -0.1) is 24.0 Å². The van der Waals surface area contributed by atoms with Crippen molar-refractivity contribution in [3.63, 3.8) is 0 Å². The van der Waals surface area contributed by atoms with E-state index >= 15 is 0 Å². The van der Waals surface area contributed by atoms with Crippen LogP contribution in [0.3, 0.4) is 0 Å². The Kier molecular flexibility index (Phi) is 45.2. The van der Waals surface area contributed by atoms with Gasteiger partial charge in [-0.3, -0.25) is 19.6 Å². The third-order valence-corrected chi connectivity index (χ3v) is 14.2. The average molecular weight is 1930 g/mol. The number of nitrogens with one attached hydrogen (secondary N) is 1. The van der Waals surface area contributed by atoms with Gasteiger partial charge in [-0.05, 0) is 185 Å². The van der Waals surface area contributed by atoms with Crippen molar-refractivity contribution >= 4 is 151 Å². The van der Waals surface area contributed by atoms with E-state index in [4.69, 9.17) is 14.7 Å². The molecule has 6 heterocycles. The number of esters is 2. The van der Waals surface area contributed by atoms with Crippen LogP contribution in [0.5, 0.6) is 0 Å². The number of pyridine rings is 6. The fraction of sp³-hybridized carbons (Fsp3) is 0.357. The molecule has 2 aromatic carbocycles. The average Bonchev–Trinajstić information content (AvgIpc) is 1.24. The van der Waals surface area contributed by atoms with Crippen molar-refractivity contribution in [3.8, 4) is 22.3 Å². The molecule has 0 radical (unpaired) electrons. The summed E-state index contributed by atoms with van der Waals surface area (Å²) in [6, 6.07) is 46.9. The maximum atomic E-state index is 11.5. The number of amides is 1. The summed E-state index contributed by atoms with van der Waals surface area (Å²) in [6.07, 6.45) is 23.8. The van der Waals surface area contributed by atoms with Gasteiger partial charge in [-0.1, -0.05) is 105 Å². The molecule has 0 atom stereocenters. The van der Waals surface area contributed by atoms with Gasteiger partial charge in [0.25, 0.3) is 0 Å². The molecule has 6 aromatic heterocycles. The van der Waals surface area contributed by atoms with Crippen LogP contribution in [-0.2, 0) is 23.9 Å². The van der Waals surface area contributed by atoms with E-state index in [1.54, 1.807) is 17.9 Å². The normalized spacial score (nSPS) is 10.2. The third kappa shape index (κ3) is 31.8. The number of carbonyl (C=O) groups is 3. The van der Waals surface area contributed by atoms with Crippen molar-refractivity contribution in [2.75, 3.05) is 47.5 Å². The second kappa shape index (κ2) is 50.9. The molecule has 16 nitrogen and oxygen atoms in total. The molecular weight excluding hydrogens is 1840 g/mol. The number of halogens is 6. The number of carbonyl (C=O) groups excluding carboxylic acids is 3. The zero-order valence-corrected chi connectivity index (χ0v) is 66.3. The zero-order chi connectivity index (χ0) is 65.7. The second-order valence-corrected chi connectivity index (χ2v) is 37.1. The molecule has 0 aliphatic carbocycles. The number of nitrogens with zero attached hydrogens (tertiary/aromatic N) is 9. The van der Waals surface area contributed by atoms with Gasteiger partial charge in [-0.2, -0.15) is 0 Å². The number of ether oxygens (including phenoxy) is 2. The molecule has 0 saturated carbocycles. The van der Waals surface area contributed by atoms with E-state index < -0.39 is 0 Å². The number of aryl methyl sites for hydroxylation is 3. The summed E-state index contributed by atoms with van der Waals surface area (Å²) >= 11 is 9.54. The molecule has 496 valence electrons. The number of aromatic nitrogens is 6. The van der Waals surface area contributed by atoms with Gasteiger partial charge in [-0.25, -0.2) is 35.4 Å². The van der Waals surface area contributed by atoms with Crippen molar-refractivity contribution in [3.05, 3.63) is 193 Å². The van der Waals surface area contributed by atoms with Crippen LogP contribution in [-0.4, -0.2) is 85.8 Å². The third-order valence-electron chi connectivity index (χ3n) is 14.2. The predicted molar refractivity (Wildman–Crippen MR) is 415 cm³/mol. The molecule has 0 aliphatic heterocycles. The molecule has 0 bridgehead atoms. The van der Waals surface area contributed by atoms with Crippen molar-refractivity contribution in [2.24, 2.45) is 0 Å². The van der Waals surface area contributed by atoms with E-state index in [0.29, 0.717) is 45.7 Å². The topological polar surface area (TPSA) is 189 Å². The van der Waals surface area contributed by atoms with Gasteiger partial charge < -0.3 is 24.2 Å². The summed E-state index contributed by atoms with van der Waals surface area (Å²) in [4.78, 5) is 67.7. The summed E-state index contributed by atoms with van der Waals surface area (Å²) < 4.78 is 9.94. The first-order valence-electron chi connectivity index (χ1n) is 30.8. The van der Waals surface area contributed by atoms with Crippen LogP contribution in [0.25, 0.3) is 22.3 Å². The monoisotopic (exact) mass is 1930 g/mol. The molecule has 8 aromatic rings. The Morgan fingerprint density at radius 1 is 0.435 bits per heavy atom. The van der Waals surface area contributed by atoms with Crippen molar-refractivity contribution < 1.29 is 42.3 Å². The van der Waals surface area contributed by atoms with Crippen LogP contribution in [0.15, 0.2) is 177 Å². The molecule has 92 heavy (non-hydrogen) atoms. The van der Waals surface area contributed by atoms with Crippen LogP contribution in [0, 0.1) is 20.8 Å². The van der Waals surface area contributed by atoms with E-state index in [1.807, 2.05) is 111 Å². The molecule has 0 saturated heterocycles. The molecule has 0 aliphatic rings. The summed E-state index contributed by atoms with van der Waals surface area (Å²) in [6.45, 7) is 13.4. The molecule has 0 unspecified atom stereocenters. The number of hydrogen-bond acceptors (Lipinski definition) is 15. The van der Waals surface area contributed by atoms with Gasteiger partial charge >= 0.3 is 62.4 Å². The number of hydrogen-bond donors (Lipinski definition) is 2. The Labute approximate surface area is 615 Å². The number of benzene rings is 2. The fourth-order valence-electron chi connectivity index (χ4n) is 9.72. The van der Waals surface area contributed by atoms with Gasteiger partial charge in [0.05, 0.1) is 13.2 Å². The predicted octanol–water partition coefficient (Wildman–Crippen LogP) is 16.8.